The van der Waals surface area contributed by atoms with Gasteiger partial charge in [-0.2, -0.15) is 0 Å². The summed E-state index contributed by atoms with van der Waals surface area (Å²) in [5.74, 6) is 0.719. The Kier molecular flexibility index (Phi) is 5.42. The fraction of sp³-hybridized carbons (Fsp3) is 0.278. The number of anilines is 2. The van der Waals surface area contributed by atoms with Gasteiger partial charge in [-0.05, 0) is 57.2 Å². The Morgan fingerprint density at radius 1 is 1.05 bits per heavy atom. The summed E-state index contributed by atoms with van der Waals surface area (Å²) in [7, 11) is 0. The zero-order valence-corrected chi connectivity index (χ0v) is 13.2. The van der Waals surface area contributed by atoms with Gasteiger partial charge in [-0.15, -0.1) is 0 Å². The van der Waals surface area contributed by atoms with E-state index in [1.54, 1.807) is 0 Å². The molecule has 2 N–H and O–H groups in total. The van der Waals surface area contributed by atoms with Gasteiger partial charge in [-0.1, -0.05) is 17.7 Å². The van der Waals surface area contributed by atoms with Gasteiger partial charge in [0.1, 0.15) is 11.8 Å². The summed E-state index contributed by atoms with van der Waals surface area (Å²) in [6, 6.07) is 15.0. The summed E-state index contributed by atoms with van der Waals surface area (Å²) in [6.07, 6.45) is 0. The van der Waals surface area contributed by atoms with Crippen molar-refractivity contribution in [1.29, 1.82) is 0 Å². The van der Waals surface area contributed by atoms with Crippen LogP contribution in [0.25, 0.3) is 0 Å². The summed E-state index contributed by atoms with van der Waals surface area (Å²) in [4.78, 5) is 12.2. The van der Waals surface area contributed by atoms with Gasteiger partial charge in [0.05, 0.1) is 6.61 Å². The van der Waals surface area contributed by atoms with Crippen molar-refractivity contribution in [3.8, 4) is 5.75 Å². The lowest BCUT2D eigenvalue weighted by molar-refractivity contribution is -0.116. The molecule has 2 aromatic rings. The maximum atomic E-state index is 12.2. The van der Waals surface area contributed by atoms with E-state index in [-0.39, 0.29) is 11.9 Å². The zero-order chi connectivity index (χ0) is 15.9. The van der Waals surface area contributed by atoms with Gasteiger partial charge in [-0.25, -0.2) is 0 Å². The van der Waals surface area contributed by atoms with E-state index >= 15 is 0 Å². The number of benzene rings is 2. The van der Waals surface area contributed by atoms with E-state index in [0.717, 1.165) is 17.1 Å². The molecular weight excluding hydrogens is 276 g/mol. The molecule has 0 aliphatic rings. The first kappa shape index (κ1) is 15.9. The van der Waals surface area contributed by atoms with E-state index in [9.17, 15) is 4.79 Å². The maximum Gasteiger partial charge on any atom is 0.246 e. The zero-order valence-electron chi connectivity index (χ0n) is 13.2. The molecule has 1 amide bonds. The topological polar surface area (TPSA) is 50.4 Å². The Bertz CT molecular complexity index is 606. The quantitative estimate of drug-likeness (QED) is 0.852. The van der Waals surface area contributed by atoms with Gasteiger partial charge in [0.2, 0.25) is 5.91 Å². The Morgan fingerprint density at radius 3 is 2.23 bits per heavy atom. The average Bonchev–Trinajstić information content (AvgIpc) is 2.51. The standard InChI is InChI=1S/C18H22N2O2/c1-4-22-17-11-9-16(10-12-17)20-18(21)14(3)19-15-7-5-13(2)6-8-15/h5-12,14,19H,4H2,1-3H3,(H,20,21). The first-order valence-electron chi connectivity index (χ1n) is 7.45. The molecule has 1 unspecified atom stereocenters. The van der Waals surface area contributed by atoms with Gasteiger partial charge < -0.3 is 15.4 Å². The second-order valence-corrected chi connectivity index (χ2v) is 5.18. The number of carbonyl (C=O) groups excluding carboxylic acids is 1. The number of amides is 1. The highest BCUT2D eigenvalue weighted by Crippen LogP contribution is 2.16. The van der Waals surface area contributed by atoms with Gasteiger partial charge in [0, 0.05) is 11.4 Å². The summed E-state index contributed by atoms with van der Waals surface area (Å²) in [5.41, 5.74) is 2.88. The number of carbonyl (C=O) groups is 1. The molecule has 0 aliphatic heterocycles. The monoisotopic (exact) mass is 298 g/mol. The Morgan fingerprint density at radius 2 is 1.64 bits per heavy atom. The normalized spacial score (nSPS) is 11.6. The van der Waals surface area contributed by atoms with E-state index in [1.165, 1.54) is 5.56 Å². The average molecular weight is 298 g/mol. The van der Waals surface area contributed by atoms with E-state index in [2.05, 4.69) is 10.6 Å². The molecule has 0 spiro atoms. The second kappa shape index (κ2) is 7.50. The lowest BCUT2D eigenvalue weighted by Crippen LogP contribution is -2.31. The molecule has 0 saturated carbocycles. The van der Waals surface area contributed by atoms with Crippen molar-refractivity contribution < 1.29 is 9.53 Å². The van der Waals surface area contributed by atoms with Crippen LogP contribution < -0.4 is 15.4 Å². The summed E-state index contributed by atoms with van der Waals surface area (Å²) in [5, 5.41) is 6.07. The number of rotatable bonds is 6. The molecule has 0 heterocycles. The van der Waals surface area contributed by atoms with Gasteiger partial charge >= 0.3 is 0 Å². The molecular formula is C18H22N2O2. The molecule has 0 aromatic heterocycles. The third-order valence-corrected chi connectivity index (χ3v) is 3.26. The predicted molar refractivity (Wildman–Crippen MR) is 90.5 cm³/mol. The third kappa shape index (κ3) is 4.52. The maximum absolute atomic E-state index is 12.2. The lowest BCUT2D eigenvalue weighted by Gasteiger charge is -2.15. The first-order chi connectivity index (χ1) is 10.6. The Labute approximate surface area is 131 Å². The van der Waals surface area contributed by atoms with E-state index in [4.69, 9.17) is 4.74 Å². The number of ether oxygens (including phenoxy) is 1. The van der Waals surface area contributed by atoms with Crippen molar-refractivity contribution in [2.75, 3.05) is 17.2 Å². The van der Waals surface area contributed by atoms with Crippen LogP contribution in [0.3, 0.4) is 0 Å². The number of hydrogen-bond donors (Lipinski definition) is 2. The minimum Gasteiger partial charge on any atom is -0.494 e. The summed E-state index contributed by atoms with van der Waals surface area (Å²) < 4.78 is 5.38. The van der Waals surface area contributed by atoms with E-state index in [1.807, 2.05) is 69.3 Å². The van der Waals surface area contributed by atoms with Crippen molar-refractivity contribution in [2.45, 2.75) is 26.8 Å². The van der Waals surface area contributed by atoms with Crippen LogP contribution in [-0.4, -0.2) is 18.6 Å². The third-order valence-electron chi connectivity index (χ3n) is 3.26. The molecule has 4 nitrogen and oxygen atoms in total. The van der Waals surface area contributed by atoms with Crippen molar-refractivity contribution in [1.82, 2.24) is 0 Å². The predicted octanol–water partition coefficient (Wildman–Crippen LogP) is 3.83. The van der Waals surface area contributed by atoms with Crippen LogP contribution in [0.2, 0.25) is 0 Å². The summed E-state index contributed by atoms with van der Waals surface area (Å²) in [6.45, 7) is 6.44. The first-order valence-corrected chi connectivity index (χ1v) is 7.45. The Hall–Kier alpha value is -2.49. The minimum atomic E-state index is -0.325. The highest BCUT2D eigenvalue weighted by atomic mass is 16.5. The number of aryl methyl sites for hydroxylation is 1. The fourth-order valence-electron chi connectivity index (χ4n) is 2.02. The van der Waals surface area contributed by atoms with Gasteiger partial charge in [0.25, 0.3) is 0 Å². The molecule has 0 bridgehead atoms. The van der Waals surface area contributed by atoms with E-state index < -0.39 is 0 Å². The number of nitrogens with one attached hydrogen (secondary N) is 2. The number of hydrogen-bond acceptors (Lipinski definition) is 3. The van der Waals surface area contributed by atoms with Crippen LogP contribution >= 0.6 is 0 Å². The van der Waals surface area contributed by atoms with Crippen LogP contribution in [0.1, 0.15) is 19.4 Å². The molecule has 22 heavy (non-hydrogen) atoms. The highest BCUT2D eigenvalue weighted by Gasteiger charge is 2.12. The lowest BCUT2D eigenvalue weighted by atomic mass is 10.2. The van der Waals surface area contributed by atoms with Crippen LogP contribution in [0.5, 0.6) is 5.75 Å². The molecule has 2 aromatic carbocycles. The van der Waals surface area contributed by atoms with Crippen molar-refractivity contribution >= 4 is 17.3 Å². The molecule has 116 valence electrons. The molecule has 0 fully saturated rings. The SMILES string of the molecule is CCOc1ccc(NC(=O)C(C)Nc2ccc(C)cc2)cc1. The van der Waals surface area contributed by atoms with Crippen LogP contribution in [0, 0.1) is 6.92 Å². The van der Waals surface area contributed by atoms with Crippen LogP contribution in [0.15, 0.2) is 48.5 Å². The fourth-order valence-corrected chi connectivity index (χ4v) is 2.02. The Balaban J connectivity index is 1.91. The smallest absolute Gasteiger partial charge is 0.246 e. The van der Waals surface area contributed by atoms with Crippen LogP contribution in [0.4, 0.5) is 11.4 Å². The summed E-state index contributed by atoms with van der Waals surface area (Å²) >= 11 is 0. The molecule has 2 rings (SSSR count). The molecule has 1 atom stereocenters. The van der Waals surface area contributed by atoms with Gasteiger partial charge in [-0.3, -0.25) is 4.79 Å². The molecule has 4 heteroatoms. The van der Waals surface area contributed by atoms with Crippen molar-refractivity contribution in [2.24, 2.45) is 0 Å². The van der Waals surface area contributed by atoms with Gasteiger partial charge in [0.15, 0.2) is 0 Å². The molecule has 0 aliphatic carbocycles. The van der Waals surface area contributed by atoms with Crippen molar-refractivity contribution in [3.05, 3.63) is 54.1 Å². The van der Waals surface area contributed by atoms with Crippen molar-refractivity contribution in [3.63, 3.8) is 0 Å². The highest BCUT2D eigenvalue weighted by molar-refractivity contribution is 5.96. The largest absolute Gasteiger partial charge is 0.494 e. The second-order valence-electron chi connectivity index (χ2n) is 5.18. The molecule has 0 radical (unpaired) electrons. The molecule has 0 saturated heterocycles. The van der Waals surface area contributed by atoms with Crippen LogP contribution in [-0.2, 0) is 4.79 Å². The van der Waals surface area contributed by atoms with E-state index in [0.29, 0.717) is 6.61 Å². The minimum absolute atomic E-state index is 0.0789.